The third-order valence-corrected chi connectivity index (χ3v) is 4.33. The highest BCUT2D eigenvalue weighted by atomic mass is 35.5. The Morgan fingerprint density at radius 2 is 1.86 bits per heavy atom. The van der Waals surface area contributed by atoms with Crippen LogP contribution in [0.5, 0.6) is 0 Å². The van der Waals surface area contributed by atoms with Gasteiger partial charge in [-0.1, -0.05) is 48.0 Å². The van der Waals surface area contributed by atoms with Crippen LogP contribution in [0, 0.1) is 5.82 Å². The first-order valence-electron chi connectivity index (χ1n) is 6.90. The van der Waals surface area contributed by atoms with E-state index in [0.29, 0.717) is 6.54 Å². The number of rotatable bonds is 4. The van der Waals surface area contributed by atoms with Gasteiger partial charge in [0.1, 0.15) is 5.82 Å². The van der Waals surface area contributed by atoms with Crippen molar-refractivity contribution in [3.63, 3.8) is 0 Å². The summed E-state index contributed by atoms with van der Waals surface area (Å²) in [5, 5.41) is 2.95. The number of nitrogens with one attached hydrogen (secondary N) is 1. The normalized spacial score (nSPS) is 15.5. The number of carbonyl (C=O) groups is 1. The fourth-order valence-corrected chi connectivity index (χ4v) is 2.81. The summed E-state index contributed by atoms with van der Waals surface area (Å²) in [4.78, 5) is 12.2. The van der Waals surface area contributed by atoms with Gasteiger partial charge in [-0.15, -0.1) is 0 Å². The van der Waals surface area contributed by atoms with Crippen molar-refractivity contribution in [2.24, 2.45) is 0 Å². The highest BCUT2D eigenvalue weighted by Gasteiger charge is 2.44. The molecule has 1 saturated carbocycles. The van der Waals surface area contributed by atoms with Crippen molar-refractivity contribution in [3.8, 4) is 0 Å². The lowest BCUT2D eigenvalue weighted by Gasteiger charge is -2.17. The molecule has 0 unspecified atom stereocenters. The van der Waals surface area contributed by atoms with Crippen molar-refractivity contribution < 1.29 is 9.18 Å². The van der Waals surface area contributed by atoms with E-state index in [1.165, 1.54) is 23.8 Å². The average molecular weight is 304 g/mol. The van der Waals surface area contributed by atoms with E-state index in [0.717, 1.165) is 12.8 Å². The van der Waals surface area contributed by atoms with Gasteiger partial charge in [0.25, 0.3) is 5.91 Å². The van der Waals surface area contributed by atoms with Gasteiger partial charge in [0.05, 0.1) is 10.6 Å². The Balaban J connectivity index is 1.73. The van der Waals surface area contributed by atoms with Crippen LogP contribution in [-0.2, 0) is 5.41 Å². The lowest BCUT2D eigenvalue weighted by atomic mass is 9.96. The van der Waals surface area contributed by atoms with Crippen molar-refractivity contribution >= 4 is 17.5 Å². The van der Waals surface area contributed by atoms with Crippen LogP contribution in [0.3, 0.4) is 0 Å². The molecule has 2 nitrogen and oxygen atoms in total. The Bertz CT molecular complexity index is 647. The summed E-state index contributed by atoms with van der Waals surface area (Å²) in [5.74, 6) is -1.05. The minimum atomic E-state index is -0.593. The lowest BCUT2D eigenvalue weighted by Crippen LogP contribution is -2.32. The Hall–Kier alpha value is -1.87. The zero-order chi connectivity index (χ0) is 14.9. The third-order valence-electron chi connectivity index (χ3n) is 4.02. The second-order valence-electron chi connectivity index (χ2n) is 5.43. The minimum absolute atomic E-state index is 0.00530. The van der Waals surface area contributed by atoms with Crippen molar-refractivity contribution in [1.82, 2.24) is 5.32 Å². The first kappa shape index (κ1) is 14.1. The van der Waals surface area contributed by atoms with Crippen LogP contribution in [0.15, 0.2) is 48.5 Å². The van der Waals surface area contributed by atoms with E-state index < -0.39 is 11.7 Å². The van der Waals surface area contributed by atoms with Gasteiger partial charge in [0.15, 0.2) is 0 Å². The molecule has 0 aromatic heterocycles. The van der Waals surface area contributed by atoms with Gasteiger partial charge in [-0.3, -0.25) is 4.79 Å². The molecule has 3 rings (SSSR count). The largest absolute Gasteiger partial charge is 0.351 e. The molecule has 108 valence electrons. The van der Waals surface area contributed by atoms with Gasteiger partial charge in [-0.25, -0.2) is 4.39 Å². The van der Waals surface area contributed by atoms with E-state index in [2.05, 4.69) is 17.4 Å². The van der Waals surface area contributed by atoms with Gasteiger partial charge in [0.2, 0.25) is 0 Å². The summed E-state index contributed by atoms with van der Waals surface area (Å²) in [5.41, 5.74) is 1.13. The van der Waals surface area contributed by atoms with Gasteiger partial charge in [-0.2, -0.15) is 0 Å². The average Bonchev–Trinajstić information content (AvgIpc) is 3.27. The Morgan fingerprint density at radius 3 is 2.48 bits per heavy atom. The van der Waals surface area contributed by atoms with E-state index in [-0.39, 0.29) is 16.0 Å². The van der Waals surface area contributed by atoms with Crippen LogP contribution in [0.4, 0.5) is 4.39 Å². The predicted octanol–water partition coefficient (Wildman–Crippen LogP) is 3.94. The SMILES string of the molecule is O=C(NCC1(c2ccccc2)CC1)c1c(F)cccc1Cl. The topological polar surface area (TPSA) is 29.1 Å². The first-order chi connectivity index (χ1) is 10.1. The maximum atomic E-state index is 13.7. The van der Waals surface area contributed by atoms with Crippen molar-refractivity contribution in [2.75, 3.05) is 6.54 Å². The predicted molar refractivity (Wildman–Crippen MR) is 81.1 cm³/mol. The van der Waals surface area contributed by atoms with Crippen molar-refractivity contribution in [3.05, 3.63) is 70.5 Å². The maximum absolute atomic E-state index is 13.7. The third kappa shape index (κ3) is 2.79. The zero-order valence-electron chi connectivity index (χ0n) is 11.4. The highest BCUT2D eigenvalue weighted by Crippen LogP contribution is 2.47. The molecule has 1 N–H and O–H groups in total. The Morgan fingerprint density at radius 1 is 1.14 bits per heavy atom. The molecule has 1 aliphatic rings. The van der Waals surface area contributed by atoms with Crippen LogP contribution < -0.4 is 5.32 Å². The molecule has 0 spiro atoms. The summed E-state index contributed by atoms with van der Waals surface area (Å²) in [6.07, 6.45) is 2.06. The standard InChI is InChI=1S/C17H15ClFNO/c18-13-7-4-8-14(19)15(13)16(21)20-11-17(9-10-17)12-5-2-1-3-6-12/h1-8H,9-11H2,(H,20,21). The monoisotopic (exact) mass is 303 g/mol. The van der Waals surface area contributed by atoms with Crippen LogP contribution in [0.25, 0.3) is 0 Å². The van der Waals surface area contributed by atoms with Crippen molar-refractivity contribution in [2.45, 2.75) is 18.3 Å². The fraction of sp³-hybridized carbons (Fsp3) is 0.235. The molecular formula is C17H15ClFNO. The molecule has 1 aliphatic carbocycles. The molecule has 21 heavy (non-hydrogen) atoms. The van der Waals surface area contributed by atoms with E-state index >= 15 is 0 Å². The molecule has 0 atom stereocenters. The molecular weight excluding hydrogens is 289 g/mol. The van der Waals surface area contributed by atoms with E-state index in [1.807, 2.05) is 18.2 Å². The number of halogens is 2. The maximum Gasteiger partial charge on any atom is 0.255 e. The van der Waals surface area contributed by atoms with Gasteiger partial charge in [-0.05, 0) is 30.5 Å². The Kier molecular flexibility index (Phi) is 3.68. The van der Waals surface area contributed by atoms with Crippen LogP contribution >= 0.6 is 11.6 Å². The number of amides is 1. The smallest absolute Gasteiger partial charge is 0.255 e. The van der Waals surface area contributed by atoms with Crippen LogP contribution in [0.1, 0.15) is 28.8 Å². The Labute approximate surface area is 127 Å². The summed E-state index contributed by atoms with van der Waals surface area (Å²) in [7, 11) is 0. The molecule has 0 heterocycles. The number of hydrogen-bond donors (Lipinski definition) is 1. The summed E-state index contributed by atoms with van der Waals surface area (Å²) >= 11 is 5.91. The van der Waals surface area contributed by atoms with Crippen LogP contribution in [0.2, 0.25) is 5.02 Å². The van der Waals surface area contributed by atoms with Crippen molar-refractivity contribution in [1.29, 1.82) is 0 Å². The second kappa shape index (κ2) is 5.49. The fourth-order valence-electron chi connectivity index (χ4n) is 2.56. The number of hydrogen-bond acceptors (Lipinski definition) is 1. The molecule has 0 aliphatic heterocycles. The van der Waals surface area contributed by atoms with Gasteiger partial charge < -0.3 is 5.32 Å². The molecule has 0 bridgehead atoms. The highest BCUT2D eigenvalue weighted by molar-refractivity contribution is 6.33. The minimum Gasteiger partial charge on any atom is -0.351 e. The second-order valence-corrected chi connectivity index (χ2v) is 5.83. The van der Waals surface area contributed by atoms with E-state index in [4.69, 9.17) is 11.6 Å². The molecule has 1 amide bonds. The van der Waals surface area contributed by atoms with E-state index in [9.17, 15) is 9.18 Å². The summed E-state index contributed by atoms with van der Waals surface area (Å²) in [6.45, 7) is 0.501. The quantitative estimate of drug-likeness (QED) is 0.910. The van der Waals surface area contributed by atoms with Gasteiger partial charge >= 0.3 is 0 Å². The van der Waals surface area contributed by atoms with Crippen LogP contribution in [-0.4, -0.2) is 12.5 Å². The molecule has 2 aromatic carbocycles. The van der Waals surface area contributed by atoms with Gasteiger partial charge in [0, 0.05) is 12.0 Å². The molecule has 0 radical (unpaired) electrons. The molecule has 1 fully saturated rings. The number of benzene rings is 2. The summed E-state index contributed by atoms with van der Waals surface area (Å²) < 4.78 is 13.7. The summed E-state index contributed by atoms with van der Waals surface area (Å²) in [6, 6.07) is 14.3. The molecule has 4 heteroatoms. The first-order valence-corrected chi connectivity index (χ1v) is 7.28. The van der Waals surface area contributed by atoms with E-state index in [1.54, 1.807) is 0 Å². The lowest BCUT2D eigenvalue weighted by molar-refractivity contribution is 0.0946. The zero-order valence-corrected chi connectivity index (χ0v) is 12.2. The molecule has 2 aromatic rings. The molecule has 0 saturated heterocycles. The number of carbonyl (C=O) groups excluding carboxylic acids is 1.